The van der Waals surface area contributed by atoms with Crippen LogP contribution in [0.3, 0.4) is 0 Å². The van der Waals surface area contributed by atoms with Gasteiger partial charge in [0.1, 0.15) is 0 Å². The molecule has 0 aliphatic heterocycles. The highest BCUT2D eigenvalue weighted by Gasteiger charge is 2.21. The maximum Gasteiger partial charge on any atom is 0.339 e. The Morgan fingerprint density at radius 2 is 0.919 bits per heavy atom. The smallest absolute Gasteiger partial charge is 0.339 e. The van der Waals surface area contributed by atoms with Crippen LogP contribution in [-0.4, -0.2) is 25.2 Å². The van der Waals surface area contributed by atoms with Crippen molar-refractivity contribution in [3.63, 3.8) is 0 Å². The van der Waals surface area contributed by atoms with E-state index in [1.807, 2.05) is 0 Å². The van der Waals surface area contributed by atoms with Gasteiger partial charge in [-0.1, -0.05) is 136 Å². The maximum atomic E-state index is 12.9. The van der Waals surface area contributed by atoms with Crippen LogP contribution in [0, 0.1) is 11.8 Å². The van der Waals surface area contributed by atoms with Gasteiger partial charge >= 0.3 is 11.9 Å². The Hall–Kier alpha value is -1.84. The second-order valence-electron chi connectivity index (χ2n) is 10.8. The molecular formula is C33H56O4. The summed E-state index contributed by atoms with van der Waals surface area (Å²) >= 11 is 0. The summed E-state index contributed by atoms with van der Waals surface area (Å²) in [5.74, 6) is -0.120. The van der Waals surface area contributed by atoms with Gasteiger partial charge in [0.25, 0.3) is 0 Å². The molecule has 4 nitrogen and oxygen atoms in total. The van der Waals surface area contributed by atoms with E-state index >= 15 is 0 Å². The van der Waals surface area contributed by atoms with Crippen LogP contribution in [-0.2, 0) is 9.47 Å². The van der Waals surface area contributed by atoms with E-state index in [2.05, 4.69) is 27.7 Å². The number of esters is 2. The van der Waals surface area contributed by atoms with E-state index in [9.17, 15) is 9.59 Å². The lowest BCUT2D eigenvalue weighted by Crippen LogP contribution is -2.19. The predicted octanol–water partition coefficient (Wildman–Crippen LogP) is 9.94. The fourth-order valence-corrected chi connectivity index (χ4v) is 4.80. The van der Waals surface area contributed by atoms with Crippen molar-refractivity contribution in [2.45, 2.75) is 137 Å². The Morgan fingerprint density at radius 1 is 0.568 bits per heavy atom. The fourth-order valence-electron chi connectivity index (χ4n) is 4.80. The topological polar surface area (TPSA) is 52.6 Å². The molecule has 0 fully saturated rings. The molecule has 1 rings (SSSR count). The molecule has 0 aromatic heterocycles. The van der Waals surface area contributed by atoms with Crippen LogP contribution in [0.2, 0.25) is 0 Å². The van der Waals surface area contributed by atoms with E-state index in [0.29, 0.717) is 36.2 Å². The number of ether oxygens (including phenoxy) is 2. The zero-order valence-electron chi connectivity index (χ0n) is 24.5. The first-order valence-electron chi connectivity index (χ1n) is 15.5. The van der Waals surface area contributed by atoms with Gasteiger partial charge in [0.15, 0.2) is 0 Å². The van der Waals surface area contributed by atoms with Crippen LogP contribution >= 0.6 is 0 Å². The number of hydrogen-bond acceptors (Lipinski definition) is 4. The first kappa shape index (κ1) is 33.2. The lowest BCUT2D eigenvalue weighted by atomic mass is 9.98. The highest BCUT2D eigenvalue weighted by molar-refractivity contribution is 6.03. The molecule has 0 heterocycles. The third-order valence-corrected chi connectivity index (χ3v) is 7.60. The van der Waals surface area contributed by atoms with Crippen molar-refractivity contribution < 1.29 is 19.1 Å². The summed E-state index contributed by atoms with van der Waals surface area (Å²) < 4.78 is 11.3. The largest absolute Gasteiger partial charge is 0.462 e. The molecule has 0 bridgehead atoms. The average Bonchev–Trinajstić information content (AvgIpc) is 2.93. The van der Waals surface area contributed by atoms with Gasteiger partial charge in [-0.2, -0.15) is 0 Å². The minimum Gasteiger partial charge on any atom is -0.462 e. The zero-order valence-corrected chi connectivity index (χ0v) is 24.5. The van der Waals surface area contributed by atoms with Crippen molar-refractivity contribution >= 4 is 11.9 Å². The van der Waals surface area contributed by atoms with E-state index in [-0.39, 0.29) is 0 Å². The van der Waals surface area contributed by atoms with Gasteiger partial charge in [0.2, 0.25) is 0 Å². The number of benzene rings is 1. The molecule has 2 atom stereocenters. The molecule has 0 spiro atoms. The highest BCUT2D eigenvalue weighted by atomic mass is 16.5. The van der Waals surface area contributed by atoms with Gasteiger partial charge in [-0.15, -0.1) is 0 Å². The first-order valence-corrected chi connectivity index (χ1v) is 15.5. The molecule has 0 amide bonds. The SMILES string of the molecule is CCCCCCCCCC(CC)COC(=O)c1ccccc1C(=O)OCC(CC)CCCCCCCC. The van der Waals surface area contributed by atoms with Crippen molar-refractivity contribution in [1.82, 2.24) is 0 Å². The molecule has 0 aliphatic rings. The van der Waals surface area contributed by atoms with Crippen molar-refractivity contribution in [3.05, 3.63) is 35.4 Å². The van der Waals surface area contributed by atoms with Crippen LogP contribution in [0.5, 0.6) is 0 Å². The van der Waals surface area contributed by atoms with Crippen LogP contribution in [0.15, 0.2) is 24.3 Å². The van der Waals surface area contributed by atoms with Crippen molar-refractivity contribution in [1.29, 1.82) is 0 Å². The number of hydrogen-bond donors (Lipinski definition) is 0. The van der Waals surface area contributed by atoms with Crippen LogP contribution in [0.1, 0.15) is 158 Å². The number of rotatable bonds is 23. The monoisotopic (exact) mass is 516 g/mol. The quantitative estimate of drug-likeness (QED) is 0.107. The molecule has 0 saturated carbocycles. The molecular weight excluding hydrogens is 460 g/mol. The van der Waals surface area contributed by atoms with E-state index in [1.54, 1.807) is 24.3 Å². The van der Waals surface area contributed by atoms with Gasteiger partial charge in [0.05, 0.1) is 24.3 Å². The van der Waals surface area contributed by atoms with E-state index in [4.69, 9.17) is 9.47 Å². The molecule has 1 aromatic carbocycles. The molecule has 0 aliphatic carbocycles. The van der Waals surface area contributed by atoms with Crippen molar-refractivity contribution in [2.75, 3.05) is 13.2 Å². The van der Waals surface area contributed by atoms with Crippen molar-refractivity contribution in [3.8, 4) is 0 Å². The van der Waals surface area contributed by atoms with Gasteiger partial charge in [-0.05, 0) is 36.8 Å². The molecule has 212 valence electrons. The summed E-state index contributed by atoms with van der Waals surface area (Å²) in [5.41, 5.74) is 0.615. The first-order chi connectivity index (χ1) is 18.1. The molecule has 4 heteroatoms. The van der Waals surface area contributed by atoms with Gasteiger partial charge in [-0.3, -0.25) is 0 Å². The molecule has 2 unspecified atom stereocenters. The number of carbonyl (C=O) groups excluding carboxylic acids is 2. The fraction of sp³-hybridized carbons (Fsp3) is 0.758. The van der Waals surface area contributed by atoms with E-state index in [0.717, 1.165) is 25.7 Å². The van der Waals surface area contributed by atoms with Crippen LogP contribution in [0.4, 0.5) is 0 Å². The minimum atomic E-state index is -0.427. The average molecular weight is 517 g/mol. The van der Waals surface area contributed by atoms with E-state index < -0.39 is 11.9 Å². The van der Waals surface area contributed by atoms with E-state index in [1.165, 1.54) is 83.5 Å². The Balaban J connectivity index is 2.47. The van der Waals surface area contributed by atoms with Gasteiger partial charge in [-0.25, -0.2) is 9.59 Å². The van der Waals surface area contributed by atoms with Gasteiger partial charge < -0.3 is 9.47 Å². The summed E-state index contributed by atoms with van der Waals surface area (Å²) in [6.07, 6.45) is 20.8. The lowest BCUT2D eigenvalue weighted by molar-refractivity contribution is 0.0381. The Morgan fingerprint density at radius 3 is 1.27 bits per heavy atom. The normalized spacial score (nSPS) is 12.8. The standard InChI is InChI=1S/C33H56O4/c1-5-9-11-13-15-17-19-23-29(8-4)27-37-33(35)31-25-21-20-24-30(31)32(34)36-26-28(7-3)22-18-16-14-12-10-6-2/h20-21,24-25,28-29H,5-19,22-23,26-27H2,1-4H3. The van der Waals surface area contributed by atoms with Gasteiger partial charge in [0, 0.05) is 0 Å². The van der Waals surface area contributed by atoms with Crippen LogP contribution in [0.25, 0.3) is 0 Å². The second-order valence-corrected chi connectivity index (χ2v) is 10.8. The molecule has 37 heavy (non-hydrogen) atoms. The Kier molecular flexibility index (Phi) is 19.9. The summed E-state index contributed by atoms with van der Waals surface area (Å²) in [6, 6.07) is 6.89. The zero-order chi connectivity index (χ0) is 27.1. The molecule has 1 aromatic rings. The second kappa shape index (κ2) is 22.2. The molecule has 0 radical (unpaired) electrons. The minimum absolute atomic E-state index is 0.307. The van der Waals surface area contributed by atoms with Crippen LogP contribution < -0.4 is 0 Å². The summed E-state index contributed by atoms with van der Waals surface area (Å²) in [6.45, 7) is 9.60. The maximum absolute atomic E-state index is 12.9. The third-order valence-electron chi connectivity index (χ3n) is 7.60. The Labute approximate surface area is 228 Å². The lowest BCUT2D eigenvalue weighted by Gasteiger charge is -2.17. The predicted molar refractivity (Wildman–Crippen MR) is 155 cm³/mol. The Bertz CT molecular complexity index is 714. The number of carbonyl (C=O) groups is 2. The molecule has 0 saturated heterocycles. The third kappa shape index (κ3) is 15.2. The highest BCUT2D eigenvalue weighted by Crippen LogP contribution is 2.20. The summed E-state index contributed by atoms with van der Waals surface area (Å²) in [5, 5.41) is 0. The summed E-state index contributed by atoms with van der Waals surface area (Å²) in [7, 11) is 0. The number of unbranched alkanes of at least 4 members (excludes halogenated alkanes) is 11. The van der Waals surface area contributed by atoms with Crippen molar-refractivity contribution in [2.24, 2.45) is 11.8 Å². The molecule has 0 N–H and O–H groups in total. The summed E-state index contributed by atoms with van der Waals surface area (Å²) in [4.78, 5) is 25.8.